The number of ether oxygens (including phenoxy) is 1. The van der Waals surface area contributed by atoms with Crippen LogP contribution < -0.4 is 10.6 Å². The first-order valence-electron chi connectivity index (χ1n) is 9.56. The summed E-state index contributed by atoms with van der Waals surface area (Å²) in [5.74, 6) is 10.0. The number of thioether (sulfide) groups is 1. The van der Waals surface area contributed by atoms with Crippen molar-refractivity contribution in [3.05, 3.63) is 64.6 Å². The molecule has 4 rings (SSSR count). The zero-order chi connectivity index (χ0) is 21.1. The van der Waals surface area contributed by atoms with Crippen molar-refractivity contribution in [2.24, 2.45) is 0 Å². The van der Waals surface area contributed by atoms with Gasteiger partial charge in [-0.3, -0.25) is 0 Å². The summed E-state index contributed by atoms with van der Waals surface area (Å²) in [7, 11) is 0. The highest BCUT2D eigenvalue weighted by molar-refractivity contribution is 7.98. The van der Waals surface area contributed by atoms with E-state index in [4.69, 9.17) is 15.0 Å². The quantitative estimate of drug-likeness (QED) is 0.303. The molecule has 9 heteroatoms. The summed E-state index contributed by atoms with van der Waals surface area (Å²) in [5, 5.41) is 10.9. The van der Waals surface area contributed by atoms with Crippen LogP contribution in [0.15, 0.2) is 51.4 Å². The molecule has 0 saturated carbocycles. The molecule has 30 heavy (non-hydrogen) atoms. The maximum absolute atomic E-state index is 6.16. The molecule has 0 aliphatic carbocycles. The molecule has 0 spiro atoms. The topological polar surface area (TPSA) is 92.0 Å². The first kappa shape index (κ1) is 20.5. The molecule has 0 aliphatic rings. The second kappa shape index (κ2) is 8.93. The van der Waals surface area contributed by atoms with Crippen LogP contribution in [-0.2, 0) is 12.4 Å². The minimum atomic E-state index is 0.247. The molecule has 0 atom stereocenters. The van der Waals surface area contributed by atoms with Crippen LogP contribution >= 0.6 is 23.1 Å². The number of nitrogen functional groups attached to an aromatic ring is 1. The van der Waals surface area contributed by atoms with Gasteiger partial charge in [0.05, 0.1) is 10.6 Å². The Morgan fingerprint density at radius 1 is 1.20 bits per heavy atom. The lowest BCUT2D eigenvalue weighted by molar-refractivity contribution is 0.291. The van der Waals surface area contributed by atoms with Crippen molar-refractivity contribution in [3.63, 3.8) is 0 Å². The number of aromatic nitrogens is 4. The van der Waals surface area contributed by atoms with Crippen molar-refractivity contribution in [2.45, 2.75) is 44.2 Å². The van der Waals surface area contributed by atoms with Crippen molar-refractivity contribution in [1.29, 1.82) is 0 Å². The molecule has 2 N–H and O–H groups in total. The number of nitrogens with two attached hydrogens (primary N) is 1. The zero-order valence-electron chi connectivity index (χ0n) is 17.0. The normalized spacial score (nSPS) is 11.3. The largest absolute Gasteiger partial charge is 0.486 e. The molecule has 7 nitrogen and oxygen atoms in total. The van der Waals surface area contributed by atoms with Crippen LogP contribution in [0.1, 0.15) is 42.6 Å². The fraction of sp³-hybridized carbons (Fsp3) is 0.286. The Balaban J connectivity index is 1.36. The van der Waals surface area contributed by atoms with E-state index in [1.54, 1.807) is 11.3 Å². The van der Waals surface area contributed by atoms with Gasteiger partial charge in [-0.25, -0.2) is 9.66 Å². The van der Waals surface area contributed by atoms with Gasteiger partial charge in [-0.15, -0.1) is 21.5 Å². The smallest absolute Gasteiger partial charge is 0.236 e. The molecule has 1 aromatic carbocycles. The van der Waals surface area contributed by atoms with Crippen molar-refractivity contribution in [2.75, 3.05) is 5.84 Å². The minimum Gasteiger partial charge on any atom is -0.486 e. The molecule has 0 radical (unpaired) electrons. The monoisotopic (exact) mass is 441 g/mol. The van der Waals surface area contributed by atoms with Crippen LogP contribution in [0.5, 0.6) is 5.75 Å². The third-order valence-electron chi connectivity index (χ3n) is 4.61. The van der Waals surface area contributed by atoms with Crippen molar-refractivity contribution >= 4 is 23.1 Å². The highest BCUT2D eigenvalue weighted by Crippen LogP contribution is 2.29. The van der Waals surface area contributed by atoms with Crippen LogP contribution in [0.2, 0.25) is 0 Å². The van der Waals surface area contributed by atoms with E-state index in [0.717, 1.165) is 22.1 Å². The van der Waals surface area contributed by atoms with E-state index < -0.39 is 0 Å². The molecule has 0 aliphatic heterocycles. The Morgan fingerprint density at radius 3 is 2.70 bits per heavy atom. The molecular weight excluding hydrogens is 418 g/mol. The first-order chi connectivity index (χ1) is 14.5. The van der Waals surface area contributed by atoms with Gasteiger partial charge < -0.3 is 15.0 Å². The highest BCUT2D eigenvalue weighted by Gasteiger charge is 2.16. The van der Waals surface area contributed by atoms with E-state index in [1.165, 1.54) is 22.0 Å². The molecule has 0 amide bonds. The second-order valence-corrected chi connectivity index (χ2v) is 8.96. The van der Waals surface area contributed by atoms with Gasteiger partial charge in [0, 0.05) is 5.75 Å². The molecule has 0 saturated heterocycles. The Kier molecular flexibility index (Phi) is 6.10. The highest BCUT2D eigenvalue weighted by atomic mass is 32.2. The molecule has 0 fully saturated rings. The summed E-state index contributed by atoms with van der Waals surface area (Å²) in [5.41, 5.74) is 2.14. The van der Waals surface area contributed by atoms with Crippen LogP contribution in [0, 0.1) is 6.92 Å². The third-order valence-corrected chi connectivity index (χ3v) is 6.42. The molecule has 3 aromatic heterocycles. The number of hydrogen-bond acceptors (Lipinski definition) is 8. The van der Waals surface area contributed by atoms with Gasteiger partial charge in [0.1, 0.15) is 18.1 Å². The summed E-state index contributed by atoms with van der Waals surface area (Å²) < 4.78 is 13.1. The lowest BCUT2D eigenvalue weighted by Crippen LogP contribution is -2.15. The van der Waals surface area contributed by atoms with Crippen LogP contribution in [0.4, 0.5) is 0 Å². The summed E-state index contributed by atoms with van der Waals surface area (Å²) in [6.07, 6.45) is 0. The molecule has 156 valence electrons. The van der Waals surface area contributed by atoms with E-state index >= 15 is 0 Å². The lowest BCUT2D eigenvalue weighted by Gasteiger charge is -2.08. The summed E-state index contributed by atoms with van der Waals surface area (Å²) in [6, 6.07) is 12.0. The molecule has 0 unspecified atom stereocenters. The van der Waals surface area contributed by atoms with Gasteiger partial charge >= 0.3 is 0 Å². The summed E-state index contributed by atoms with van der Waals surface area (Å²) in [6.45, 7) is 6.48. The van der Waals surface area contributed by atoms with Gasteiger partial charge in [0.15, 0.2) is 5.82 Å². The average Bonchev–Trinajstić information content (AvgIpc) is 3.46. The van der Waals surface area contributed by atoms with Crippen molar-refractivity contribution < 1.29 is 9.15 Å². The molecular formula is C21H23N5O2S2. The van der Waals surface area contributed by atoms with Crippen molar-refractivity contribution in [1.82, 2.24) is 19.9 Å². The number of nitrogens with zero attached hydrogens (tertiary/aromatic N) is 4. The van der Waals surface area contributed by atoms with E-state index in [9.17, 15) is 0 Å². The molecule has 3 heterocycles. The summed E-state index contributed by atoms with van der Waals surface area (Å²) in [4.78, 5) is 5.61. The standard InChI is InChI=1S/C21H23N5O2S2/c1-13(2)15-6-8-16(9-7-15)27-11-19-24-25-21(26(19)22)30-12-17-14(3)28-20(23-17)18-5-4-10-29-18/h4-10,13H,11-12,22H2,1-3H3. The Bertz CT molecular complexity index is 1100. The lowest BCUT2D eigenvalue weighted by atomic mass is 10.0. The van der Waals surface area contributed by atoms with Gasteiger partial charge in [-0.05, 0) is 42.0 Å². The van der Waals surface area contributed by atoms with E-state index in [0.29, 0.717) is 28.5 Å². The van der Waals surface area contributed by atoms with Crippen LogP contribution in [0.3, 0.4) is 0 Å². The SMILES string of the molecule is Cc1oc(-c2cccs2)nc1CSc1nnc(COc2ccc(C(C)C)cc2)n1N. The number of thiophene rings is 1. The van der Waals surface area contributed by atoms with Gasteiger partial charge in [-0.1, -0.05) is 43.8 Å². The Morgan fingerprint density at radius 2 is 2.00 bits per heavy atom. The van der Waals surface area contributed by atoms with E-state index in [-0.39, 0.29) is 6.61 Å². The van der Waals surface area contributed by atoms with E-state index in [2.05, 4.69) is 41.2 Å². The minimum absolute atomic E-state index is 0.247. The molecule has 0 bridgehead atoms. The Labute approximate surface area is 183 Å². The number of benzene rings is 1. The maximum Gasteiger partial charge on any atom is 0.236 e. The summed E-state index contributed by atoms with van der Waals surface area (Å²) >= 11 is 3.06. The predicted molar refractivity (Wildman–Crippen MR) is 119 cm³/mol. The number of oxazole rings is 1. The van der Waals surface area contributed by atoms with Gasteiger partial charge in [0.2, 0.25) is 11.0 Å². The van der Waals surface area contributed by atoms with E-state index in [1.807, 2.05) is 36.6 Å². The zero-order valence-corrected chi connectivity index (χ0v) is 18.7. The molecule has 4 aromatic rings. The van der Waals surface area contributed by atoms with Crippen molar-refractivity contribution in [3.8, 4) is 16.5 Å². The number of rotatable bonds is 8. The van der Waals surface area contributed by atoms with Gasteiger partial charge in [-0.2, -0.15) is 0 Å². The second-order valence-electron chi connectivity index (χ2n) is 7.07. The average molecular weight is 442 g/mol. The number of hydrogen-bond donors (Lipinski definition) is 1. The predicted octanol–water partition coefficient (Wildman–Crippen LogP) is 5.01. The first-order valence-corrected chi connectivity index (χ1v) is 11.4. The fourth-order valence-corrected chi connectivity index (χ4v) is 4.33. The Hall–Kier alpha value is -2.78. The number of aryl methyl sites for hydroxylation is 1. The third kappa shape index (κ3) is 4.52. The fourth-order valence-electron chi connectivity index (χ4n) is 2.80. The maximum atomic E-state index is 6.16. The van der Waals surface area contributed by atoms with Crippen LogP contribution in [-0.4, -0.2) is 19.9 Å². The van der Waals surface area contributed by atoms with Gasteiger partial charge in [0.25, 0.3) is 0 Å². The van der Waals surface area contributed by atoms with Crippen LogP contribution in [0.25, 0.3) is 10.8 Å².